The first-order valence-corrected chi connectivity index (χ1v) is 12.3. The van der Waals surface area contributed by atoms with Gasteiger partial charge in [0.2, 0.25) is 0 Å². The molecule has 1 aliphatic rings. The van der Waals surface area contributed by atoms with Crippen molar-refractivity contribution in [2.45, 2.75) is 96.9 Å². The average Bonchev–Trinajstić information content (AvgIpc) is 3.12. The molecule has 1 fully saturated rings. The third-order valence-corrected chi connectivity index (χ3v) is 4.91. The van der Waals surface area contributed by atoms with Crippen molar-refractivity contribution in [3.8, 4) is 0 Å². The first-order chi connectivity index (χ1) is 15.5. The van der Waals surface area contributed by atoms with Gasteiger partial charge in [-0.2, -0.15) is 0 Å². The highest BCUT2D eigenvalue weighted by Crippen LogP contribution is 2.22. The molecule has 4 heteroatoms. The summed E-state index contributed by atoms with van der Waals surface area (Å²) in [5, 5.41) is 0. The molecule has 1 heterocycles. The van der Waals surface area contributed by atoms with Crippen molar-refractivity contribution in [2.24, 2.45) is 0 Å². The number of hydrogen-bond donors (Lipinski definition) is 0. The Hall–Kier alpha value is -1.91. The van der Waals surface area contributed by atoms with Gasteiger partial charge in [0.1, 0.15) is 12.7 Å². The normalized spacial score (nSPS) is 18.9. The van der Waals surface area contributed by atoms with Crippen LogP contribution >= 0.6 is 0 Å². The molecule has 0 aromatic heterocycles. The number of esters is 1. The fraction of sp³-hybridized carbons (Fsp3) is 0.607. The molecule has 0 amide bonds. The van der Waals surface area contributed by atoms with Gasteiger partial charge in [-0.05, 0) is 58.8 Å². The van der Waals surface area contributed by atoms with Crippen LogP contribution in [0.5, 0.6) is 0 Å². The van der Waals surface area contributed by atoms with E-state index in [1.54, 1.807) is 0 Å². The van der Waals surface area contributed by atoms with Gasteiger partial charge >= 0.3 is 5.97 Å². The standard InChI is InChI=1S/C28H44O4/c1-4-5-6-7-8-9-10-11-12-13-14-15-16-17-18-19-20-21-22-23-27(29)30-24-26-25-31-28(2,3)32-26/h8-9,11-12,14-15,17-18,20-21,26H,4-7,10,13,16,19,22-25H2,1-3H3. The lowest BCUT2D eigenvalue weighted by Gasteiger charge is -2.16. The van der Waals surface area contributed by atoms with Gasteiger partial charge in [-0.1, -0.05) is 80.5 Å². The first-order valence-electron chi connectivity index (χ1n) is 12.3. The van der Waals surface area contributed by atoms with Crippen molar-refractivity contribution in [3.05, 3.63) is 60.8 Å². The van der Waals surface area contributed by atoms with Gasteiger partial charge in [-0.15, -0.1) is 0 Å². The van der Waals surface area contributed by atoms with E-state index < -0.39 is 5.79 Å². The van der Waals surface area contributed by atoms with Crippen LogP contribution in [0.1, 0.15) is 85.0 Å². The van der Waals surface area contributed by atoms with Crippen molar-refractivity contribution >= 4 is 5.97 Å². The minimum absolute atomic E-state index is 0.165. The first kappa shape index (κ1) is 28.1. The SMILES string of the molecule is CCCCCC=CCC=CCC=CCC=CCC=CCCC(=O)OCC1COC(C)(C)O1. The highest BCUT2D eigenvalue weighted by molar-refractivity contribution is 5.69. The molecule has 0 N–H and O–H groups in total. The Morgan fingerprint density at radius 2 is 1.38 bits per heavy atom. The fourth-order valence-electron chi connectivity index (χ4n) is 3.14. The maximum atomic E-state index is 11.8. The summed E-state index contributed by atoms with van der Waals surface area (Å²) in [6.45, 7) is 6.68. The maximum Gasteiger partial charge on any atom is 0.306 e. The lowest BCUT2D eigenvalue weighted by Crippen LogP contribution is -2.25. The highest BCUT2D eigenvalue weighted by atomic mass is 16.7. The molecule has 1 saturated heterocycles. The van der Waals surface area contributed by atoms with E-state index in [9.17, 15) is 4.79 Å². The number of ether oxygens (including phenoxy) is 3. The summed E-state index contributed by atoms with van der Waals surface area (Å²) < 4.78 is 16.3. The van der Waals surface area contributed by atoms with Gasteiger partial charge in [-0.25, -0.2) is 0 Å². The van der Waals surface area contributed by atoms with Crippen molar-refractivity contribution in [3.63, 3.8) is 0 Å². The fourth-order valence-corrected chi connectivity index (χ4v) is 3.14. The third kappa shape index (κ3) is 16.7. The van der Waals surface area contributed by atoms with Gasteiger partial charge in [0.25, 0.3) is 0 Å². The Bertz CT molecular complexity index is 625. The zero-order valence-electron chi connectivity index (χ0n) is 20.5. The van der Waals surface area contributed by atoms with E-state index in [1.165, 1.54) is 25.7 Å². The Kier molecular flexibility index (Phi) is 16.4. The molecule has 0 spiro atoms. The summed E-state index contributed by atoms with van der Waals surface area (Å²) >= 11 is 0. The van der Waals surface area contributed by atoms with Crippen LogP contribution in [0.4, 0.5) is 0 Å². The van der Waals surface area contributed by atoms with Crippen molar-refractivity contribution in [1.29, 1.82) is 0 Å². The largest absolute Gasteiger partial charge is 0.463 e. The summed E-state index contributed by atoms with van der Waals surface area (Å²) in [7, 11) is 0. The summed E-state index contributed by atoms with van der Waals surface area (Å²) in [6.07, 6.45) is 31.8. The van der Waals surface area contributed by atoms with Gasteiger partial charge < -0.3 is 14.2 Å². The number of carbonyl (C=O) groups is 1. The highest BCUT2D eigenvalue weighted by Gasteiger charge is 2.33. The third-order valence-electron chi connectivity index (χ3n) is 4.91. The predicted octanol–water partition coefficient (Wildman–Crippen LogP) is 7.38. The molecule has 0 aromatic carbocycles. The van der Waals surface area contributed by atoms with Crippen molar-refractivity contribution in [1.82, 2.24) is 0 Å². The molecular weight excluding hydrogens is 400 g/mol. The van der Waals surface area contributed by atoms with Crippen LogP contribution in [0.2, 0.25) is 0 Å². The van der Waals surface area contributed by atoms with Crippen LogP contribution < -0.4 is 0 Å². The van der Waals surface area contributed by atoms with Gasteiger partial charge in [0.05, 0.1) is 6.61 Å². The minimum Gasteiger partial charge on any atom is -0.463 e. The average molecular weight is 445 g/mol. The molecule has 1 aliphatic heterocycles. The predicted molar refractivity (Wildman–Crippen MR) is 133 cm³/mol. The van der Waals surface area contributed by atoms with Crippen LogP contribution in [-0.2, 0) is 19.0 Å². The van der Waals surface area contributed by atoms with Crippen LogP contribution in [0.15, 0.2) is 60.8 Å². The van der Waals surface area contributed by atoms with Crippen LogP contribution in [-0.4, -0.2) is 31.1 Å². The van der Waals surface area contributed by atoms with E-state index in [-0.39, 0.29) is 18.7 Å². The molecule has 32 heavy (non-hydrogen) atoms. The number of carbonyl (C=O) groups excluding carboxylic acids is 1. The van der Waals surface area contributed by atoms with E-state index in [1.807, 2.05) is 19.9 Å². The minimum atomic E-state index is -0.578. The Balaban J connectivity index is 1.94. The zero-order valence-corrected chi connectivity index (χ0v) is 20.5. The molecule has 0 aromatic rings. The van der Waals surface area contributed by atoms with E-state index in [2.05, 4.69) is 61.6 Å². The van der Waals surface area contributed by atoms with E-state index in [4.69, 9.17) is 14.2 Å². The molecule has 1 rings (SSSR count). The number of allylic oxidation sites excluding steroid dienone is 10. The number of unbranched alkanes of at least 4 members (excludes halogenated alkanes) is 3. The molecule has 180 valence electrons. The molecule has 1 unspecified atom stereocenters. The number of hydrogen-bond acceptors (Lipinski definition) is 4. The zero-order chi connectivity index (χ0) is 23.3. The summed E-state index contributed by atoms with van der Waals surface area (Å²) in [4.78, 5) is 11.8. The van der Waals surface area contributed by atoms with E-state index in [0.717, 1.165) is 25.7 Å². The summed E-state index contributed by atoms with van der Waals surface area (Å²) in [5.74, 6) is -0.772. The second kappa shape index (κ2) is 18.6. The Morgan fingerprint density at radius 1 is 0.844 bits per heavy atom. The molecule has 1 atom stereocenters. The van der Waals surface area contributed by atoms with Crippen molar-refractivity contribution in [2.75, 3.05) is 13.2 Å². The van der Waals surface area contributed by atoms with Gasteiger partial charge in [-0.3, -0.25) is 4.79 Å². The quantitative estimate of drug-likeness (QED) is 0.133. The Morgan fingerprint density at radius 3 is 1.88 bits per heavy atom. The lowest BCUT2D eigenvalue weighted by atomic mass is 10.2. The number of rotatable bonds is 17. The van der Waals surface area contributed by atoms with Crippen LogP contribution in [0, 0.1) is 0 Å². The maximum absolute atomic E-state index is 11.8. The Labute approximate surface area is 196 Å². The van der Waals surface area contributed by atoms with Gasteiger partial charge in [0.15, 0.2) is 5.79 Å². The second-order valence-corrected chi connectivity index (χ2v) is 8.47. The van der Waals surface area contributed by atoms with E-state index in [0.29, 0.717) is 19.4 Å². The molecule has 0 saturated carbocycles. The smallest absolute Gasteiger partial charge is 0.306 e. The van der Waals surface area contributed by atoms with Crippen LogP contribution in [0.3, 0.4) is 0 Å². The molecule has 0 bridgehead atoms. The van der Waals surface area contributed by atoms with E-state index >= 15 is 0 Å². The summed E-state index contributed by atoms with van der Waals surface area (Å²) in [6, 6.07) is 0. The van der Waals surface area contributed by atoms with Crippen LogP contribution in [0.25, 0.3) is 0 Å². The monoisotopic (exact) mass is 444 g/mol. The molecule has 0 radical (unpaired) electrons. The molecule has 4 nitrogen and oxygen atoms in total. The molecule has 0 aliphatic carbocycles. The molecular formula is C28H44O4. The van der Waals surface area contributed by atoms with Gasteiger partial charge in [0, 0.05) is 6.42 Å². The lowest BCUT2D eigenvalue weighted by molar-refractivity contribution is -0.158. The topological polar surface area (TPSA) is 44.8 Å². The second-order valence-electron chi connectivity index (χ2n) is 8.47. The summed E-state index contributed by atoms with van der Waals surface area (Å²) in [5.41, 5.74) is 0. The van der Waals surface area contributed by atoms with Crippen molar-refractivity contribution < 1.29 is 19.0 Å².